The standard InChI is InChI=1S/C17H18N2O4/c1-11(2)17(20)18-13-4-6-14(7-5-13)23-15-8-9-16(19(21)22)12(3)10-15/h4-11H,1-3H3,(H,18,20). The fraction of sp³-hybridized carbons (Fsp3) is 0.235. The van der Waals surface area contributed by atoms with E-state index >= 15 is 0 Å². The Bertz CT molecular complexity index is 724. The molecule has 1 N–H and O–H groups in total. The number of nitrogens with zero attached hydrogens (tertiary/aromatic N) is 1. The summed E-state index contributed by atoms with van der Waals surface area (Å²) in [5.74, 6) is 0.964. The SMILES string of the molecule is Cc1cc(Oc2ccc(NC(=O)C(C)C)cc2)ccc1[N+](=O)[O-]. The minimum atomic E-state index is -0.425. The number of benzene rings is 2. The normalized spacial score (nSPS) is 10.4. The number of carbonyl (C=O) groups is 1. The van der Waals surface area contributed by atoms with E-state index in [0.717, 1.165) is 0 Å². The quantitative estimate of drug-likeness (QED) is 0.659. The van der Waals surface area contributed by atoms with Crippen LogP contribution < -0.4 is 10.1 Å². The lowest BCUT2D eigenvalue weighted by molar-refractivity contribution is -0.385. The summed E-state index contributed by atoms with van der Waals surface area (Å²) in [5, 5.41) is 13.6. The van der Waals surface area contributed by atoms with Crippen molar-refractivity contribution in [1.82, 2.24) is 0 Å². The largest absolute Gasteiger partial charge is 0.457 e. The summed E-state index contributed by atoms with van der Waals surface area (Å²) in [6.07, 6.45) is 0. The number of ether oxygens (including phenoxy) is 1. The minimum Gasteiger partial charge on any atom is -0.457 e. The van der Waals surface area contributed by atoms with E-state index in [1.165, 1.54) is 6.07 Å². The van der Waals surface area contributed by atoms with Crippen molar-refractivity contribution in [2.24, 2.45) is 5.92 Å². The molecular formula is C17H18N2O4. The number of carbonyl (C=O) groups excluding carboxylic acids is 1. The van der Waals surface area contributed by atoms with E-state index in [1.807, 2.05) is 13.8 Å². The molecule has 2 aromatic rings. The molecule has 0 unspecified atom stereocenters. The molecule has 0 fully saturated rings. The Morgan fingerprint density at radius 2 is 1.74 bits per heavy atom. The van der Waals surface area contributed by atoms with E-state index < -0.39 is 4.92 Å². The molecule has 0 radical (unpaired) electrons. The van der Waals surface area contributed by atoms with Gasteiger partial charge in [-0.15, -0.1) is 0 Å². The molecule has 0 bridgehead atoms. The van der Waals surface area contributed by atoms with Crippen LogP contribution in [0.5, 0.6) is 11.5 Å². The van der Waals surface area contributed by atoms with Crippen molar-refractivity contribution in [2.75, 3.05) is 5.32 Å². The van der Waals surface area contributed by atoms with Crippen LogP contribution in [0.3, 0.4) is 0 Å². The van der Waals surface area contributed by atoms with Gasteiger partial charge < -0.3 is 10.1 Å². The molecule has 6 nitrogen and oxygen atoms in total. The summed E-state index contributed by atoms with van der Waals surface area (Å²) in [4.78, 5) is 22.0. The second kappa shape index (κ2) is 6.91. The highest BCUT2D eigenvalue weighted by Crippen LogP contribution is 2.27. The molecular weight excluding hydrogens is 296 g/mol. The number of anilines is 1. The van der Waals surface area contributed by atoms with Gasteiger partial charge in [0.15, 0.2) is 0 Å². The van der Waals surface area contributed by atoms with Gasteiger partial charge in [-0.2, -0.15) is 0 Å². The molecule has 2 rings (SSSR count). The summed E-state index contributed by atoms with van der Waals surface area (Å²) >= 11 is 0. The first-order valence-electron chi connectivity index (χ1n) is 7.20. The summed E-state index contributed by atoms with van der Waals surface area (Å²) in [5.41, 5.74) is 1.29. The number of nitro groups is 1. The van der Waals surface area contributed by atoms with Crippen LogP contribution in [-0.2, 0) is 4.79 Å². The van der Waals surface area contributed by atoms with Gasteiger partial charge in [0.1, 0.15) is 11.5 Å². The third kappa shape index (κ3) is 4.29. The van der Waals surface area contributed by atoms with Gasteiger partial charge in [0.2, 0.25) is 5.91 Å². The van der Waals surface area contributed by atoms with Gasteiger partial charge in [-0.05, 0) is 43.3 Å². The first-order valence-corrected chi connectivity index (χ1v) is 7.20. The molecule has 0 aliphatic carbocycles. The van der Waals surface area contributed by atoms with Gasteiger partial charge in [0.05, 0.1) is 4.92 Å². The molecule has 0 heterocycles. The fourth-order valence-electron chi connectivity index (χ4n) is 1.93. The Labute approximate surface area is 134 Å². The highest BCUT2D eigenvalue weighted by atomic mass is 16.6. The third-order valence-corrected chi connectivity index (χ3v) is 3.25. The fourth-order valence-corrected chi connectivity index (χ4v) is 1.93. The van der Waals surface area contributed by atoms with Crippen LogP contribution in [0.15, 0.2) is 42.5 Å². The van der Waals surface area contributed by atoms with E-state index in [9.17, 15) is 14.9 Å². The third-order valence-electron chi connectivity index (χ3n) is 3.25. The predicted molar refractivity (Wildman–Crippen MR) is 87.8 cm³/mol. The molecule has 1 amide bonds. The van der Waals surface area contributed by atoms with E-state index in [0.29, 0.717) is 22.7 Å². The Morgan fingerprint density at radius 3 is 2.26 bits per heavy atom. The maximum absolute atomic E-state index is 11.6. The van der Waals surface area contributed by atoms with E-state index in [2.05, 4.69) is 5.32 Å². The lowest BCUT2D eigenvalue weighted by atomic mass is 10.2. The molecule has 2 aromatic carbocycles. The molecule has 0 aliphatic heterocycles. The van der Waals surface area contributed by atoms with E-state index in [1.54, 1.807) is 43.3 Å². The molecule has 0 saturated heterocycles. The van der Waals surface area contributed by atoms with Crippen LogP contribution in [0, 0.1) is 23.0 Å². The molecule has 0 saturated carbocycles. The summed E-state index contributed by atoms with van der Waals surface area (Å²) in [6, 6.07) is 11.5. The summed E-state index contributed by atoms with van der Waals surface area (Å²) < 4.78 is 5.67. The molecule has 0 spiro atoms. The number of aryl methyl sites for hydroxylation is 1. The van der Waals surface area contributed by atoms with E-state index in [4.69, 9.17) is 4.74 Å². The molecule has 6 heteroatoms. The van der Waals surface area contributed by atoms with Crippen molar-refractivity contribution in [3.05, 3.63) is 58.1 Å². The Kier molecular flexibility index (Phi) is 4.95. The van der Waals surface area contributed by atoms with Gasteiger partial charge in [-0.3, -0.25) is 14.9 Å². The zero-order valence-corrected chi connectivity index (χ0v) is 13.2. The summed E-state index contributed by atoms with van der Waals surface area (Å²) in [7, 11) is 0. The average molecular weight is 314 g/mol. The zero-order valence-electron chi connectivity index (χ0n) is 13.2. The molecule has 120 valence electrons. The van der Waals surface area contributed by atoms with Crippen LogP contribution in [0.2, 0.25) is 0 Å². The zero-order chi connectivity index (χ0) is 17.0. The number of amides is 1. The molecule has 0 atom stereocenters. The van der Waals surface area contributed by atoms with Crippen LogP contribution in [0.1, 0.15) is 19.4 Å². The van der Waals surface area contributed by atoms with Gasteiger partial charge >= 0.3 is 0 Å². The first-order chi connectivity index (χ1) is 10.9. The second-order valence-corrected chi connectivity index (χ2v) is 5.48. The number of rotatable bonds is 5. The van der Waals surface area contributed by atoms with Gasteiger partial charge in [0, 0.05) is 23.2 Å². The van der Waals surface area contributed by atoms with Gasteiger partial charge in [0.25, 0.3) is 5.69 Å². The van der Waals surface area contributed by atoms with Crippen molar-refractivity contribution < 1.29 is 14.5 Å². The van der Waals surface area contributed by atoms with Crippen molar-refractivity contribution >= 4 is 17.3 Å². The second-order valence-electron chi connectivity index (χ2n) is 5.48. The topological polar surface area (TPSA) is 81.5 Å². The van der Waals surface area contributed by atoms with Crippen LogP contribution in [0.4, 0.5) is 11.4 Å². The molecule has 0 aliphatic rings. The van der Waals surface area contributed by atoms with Crippen molar-refractivity contribution in [1.29, 1.82) is 0 Å². The maximum atomic E-state index is 11.6. The average Bonchev–Trinajstić information content (AvgIpc) is 2.48. The molecule has 0 aromatic heterocycles. The number of hydrogen-bond donors (Lipinski definition) is 1. The predicted octanol–water partition coefficient (Wildman–Crippen LogP) is 4.29. The Balaban J connectivity index is 2.08. The minimum absolute atomic E-state index is 0.0512. The molecule has 23 heavy (non-hydrogen) atoms. The van der Waals surface area contributed by atoms with Crippen LogP contribution in [0.25, 0.3) is 0 Å². The number of nitro benzene ring substituents is 1. The van der Waals surface area contributed by atoms with Gasteiger partial charge in [-0.25, -0.2) is 0 Å². The Morgan fingerprint density at radius 1 is 1.13 bits per heavy atom. The van der Waals surface area contributed by atoms with Gasteiger partial charge in [-0.1, -0.05) is 13.8 Å². The number of nitrogens with one attached hydrogen (secondary N) is 1. The smallest absolute Gasteiger partial charge is 0.272 e. The van der Waals surface area contributed by atoms with E-state index in [-0.39, 0.29) is 17.5 Å². The van der Waals surface area contributed by atoms with Crippen molar-refractivity contribution in [2.45, 2.75) is 20.8 Å². The highest BCUT2D eigenvalue weighted by Gasteiger charge is 2.11. The monoisotopic (exact) mass is 314 g/mol. The van der Waals surface area contributed by atoms with Crippen LogP contribution >= 0.6 is 0 Å². The van der Waals surface area contributed by atoms with Crippen molar-refractivity contribution in [3.63, 3.8) is 0 Å². The maximum Gasteiger partial charge on any atom is 0.272 e. The lowest BCUT2D eigenvalue weighted by Crippen LogP contribution is -2.17. The highest BCUT2D eigenvalue weighted by molar-refractivity contribution is 5.92. The first kappa shape index (κ1) is 16.5. The van der Waals surface area contributed by atoms with Crippen molar-refractivity contribution in [3.8, 4) is 11.5 Å². The number of hydrogen-bond acceptors (Lipinski definition) is 4. The van der Waals surface area contributed by atoms with Crippen LogP contribution in [-0.4, -0.2) is 10.8 Å². The lowest BCUT2D eigenvalue weighted by Gasteiger charge is -2.10. The Hall–Kier alpha value is -2.89. The summed E-state index contributed by atoms with van der Waals surface area (Å²) in [6.45, 7) is 5.31.